The number of furan rings is 1. The number of amides is 2. The third-order valence-electron chi connectivity index (χ3n) is 5.16. The largest absolute Gasteiger partial charge is 0.467 e. The SMILES string of the molecule is Cc1ccc(N2C(=O)[C@@H](Cc3ccccc3Cl)S/C2=C(\C#N)C(=O)NCc2ccco2)cc1. The van der Waals surface area contributed by atoms with Crippen LogP contribution in [0, 0.1) is 18.3 Å². The molecular weight excluding hydrogens is 458 g/mol. The van der Waals surface area contributed by atoms with Crippen LogP contribution in [0.4, 0.5) is 5.69 Å². The van der Waals surface area contributed by atoms with Crippen molar-refractivity contribution in [2.45, 2.75) is 25.1 Å². The van der Waals surface area contributed by atoms with Gasteiger partial charge in [-0.25, -0.2) is 0 Å². The van der Waals surface area contributed by atoms with Gasteiger partial charge in [0, 0.05) is 10.7 Å². The lowest BCUT2D eigenvalue weighted by molar-refractivity contribution is -0.117. The summed E-state index contributed by atoms with van der Waals surface area (Å²) in [6, 6.07) is 20.2. The molecule has 1 saturated heterocycles. The number of hydrogen-bond donors (Lipinski definition) is 1. The average molecular weight is 478 g/mol. The minimum Gasteiger partial charge on any atom is -0.467 e. The van der Waals surface area contributed by atoms with E-state index in [4.69, 9.17) is 16.0 Å². The first-order chi connectivity index (χ1) is 16.0. The molecule has 0 unspecified atom stereocenters. The first-order valence-electron chi connectivity index (χ1n) is 10.2. The fraction of sp³-hybridized carbons (Fsp3) is 0.160. The van der Waals surface area contributed by atoms with Crippen molar-refractivity contribution in [2.75, 3.05) is 4.90 Å². The van der Waals surface area contributed by atoms with E-state index < -0.39 is 11.2 Å². The van der Waals surface area contributed by atoms with Gasteiger partial charge in [-0.1, -0.05) is 59.3 Å². The van der Waals surface area contributed by atoms with Crippen LogP contribution in [-0.4, -0.2) is 17.1 Å². The summed E-state index contributed by atoms with van der Waals surface area (Å²) in [6.07, 6.45) is 1.89. The number of anilines is 1. The molecular formula is C25H20ClN3O3S. The fourth-order valence-electron chi connectivity index (χ4n) is 3.45. The number of nitriles is 1. The zero-order chi connectivity index (χ0) is 23.4. The second-order valence-electron chi connectivity index (χ2n) is 7.47. The first kappa shape index (κ1) is 22.7. The molecule has 0 aliphatic carbocycles. The van der Waals surface area contributed by atoms with Crippen molar-refractivity contribution < 1.29 is 14.0 Å². The third-order valence-corrected chi connectivity index (χ3v) is 6.80. The Morgan fingerprint density at radius 3 is 2.61 bits per heavy atom. The van der Waals surface area contributed by atoms with E-state index in [9.17, 15) is 14.9 Å². The molecule has 0 spiro atoms. The molecule has 1 N–H and O–H groups in total. The van der Waals surface area contributed by atoms with Crippen LogP contribution in [0.2, 0.25) is 5.02 Å². The average Bonchev–Trinajstić information content (AvgIpc) is 3.44. The smallest absolute Gasteiger partial charge is 0.265 e. The molecule has 4 rings (SSSR count). The maximum Gasteiger partial charge on any atom is 0.265 e. The highest BCUT2D eigenvalue weighted by Gasteiger charge is 2.41. The Bertz CT molecular complexity index is 1250. The normalized spacial score (nSPS) is 17.1. The van der Waals surface area contributed by atoms with Gasteiger partial charge in [-0.15, -0.1) is 0 Å². The standard InChI is InChI=1S/C25H20ClN3O3S/c1-16-8-10-18(11-9-16)29-24(31)22(13-17-5-2-3-7-21(17)26)33-25(29)20(14-27)23(30)28-15-19-6-4-12-32-19/h2-12,22H,13,15H2,1H3,(H,28,30)/b25-20+/t22-/m1/s1. The van der Waals surface area contributed by atoms with Crippen LogP contribution in [0.3, 0.4) is 0 Å². The molecule has 0 bridgehead atoms. The van der Waals surface area contributed by atoms with E-state index in [0.717, 1.165) is 11.1 Å². The van der Waals surface area contributed by atoms with Crippen LogP contribution < -0.4 is 10.2 Å². The maximum absolute atomic E-state index is 13.5. The highest BCUT2D eigenvalue weighted by molar-refractivity contribution is 8.05. The second kappa shape index (κ2) is 9.99. The van der Waals surface area contributed by atoms with Gasteiger partial charge in [-0.05, 0) is 49.2 Å². The van der Waals surface area contributed by atoms with Gasteiger partial charge in [0.2, 0.25) is 5.91 Å². The van der Waals surface area contributed by atoms with Crippen molar-refractivity contribution in [3.05, 3.63) is 99.4 Å². The molecule has 1 fully saturated rings. The van der Waals surface area contributed by atoms with Gasteiger partial charge in [-0.2, -0.15) is 5.26 Å². The summed E-state index contributed by atoms with van der Waals surface area (Å²) < 4.78 is 5.24. The monoisotopic (exact) mass is 477 g/mol. The van der Waals surface area contributed by atoms with Crippen molar-refractivity contribution >= 4 is 40.9 Å². The van der Waals surface area contributed by atoms with Gasteiger partial charge < -0.3 is 9.73 Å². The summed E-state index contributed by atoms with van der Waals surface area (Å²) in [4.78, 5) is 27.8. The molecule has 6 nitrogen and oxygen atoms in total. The van der Waals surface area contributed by atoms with E-state index in [1.54, 1.807) is 30.3 Å². The van der Waals surface area contributed by atoms with Gasteiger partial charge in [0.25, 0.3) is 5.91 Å². The van der Waals surface area contributed by atoms with E-state index >= 15 is 0 Å². The van der Waals surface area contributed by atoms with Gasteiger partial charge in [0.15, 0.2) is 0 Å². The lowest BCUT2D eigenvalue weighted by atomic mass is 10.1. The first-order valence-corrected chi connectivity index (χ1v) is 11.5. The van der Waals surface area contributed by atoms with E-state index in [0.29, 0.717) is 27.9 Å². The number of rotatable bonds is 6. The third kappa shape index (κ3) is 4.98. The molecule has 1 aliphatic heterocycles. The quantitative estimate of drug-likeness (QED) is 0.399. The Kier molecular flexibility index (Phi) is 6.87. The van der Waals surface area contributed by atoms with Crippen LogP contribution in [-0.2, 0) is 22.6 Å². The highest BCUT2D eigenvalue weighted by Crippen LogP contribution is 2.42. The van der Waals surface area contributed by atoms with E-state index in [2.05, 4.69) is 5.32 Å². The molecule has 1 atom stereocenters. The van der Waals surface area contributed by atoms with Crippen LogP contribution in [0.5, 0.6) is 0 Å². The number of thioether (sulfide) groups is 1. The highest BCUT2D eigenvalue weighted by atomic mass is 35.5. The Labute approximate surface area is 200 Å². The molecule has 8 heteroatoms. The molecule has 2 heterocycles. The molecule has 0 radical (unpaired) electrons. The summed E-state index contributed by atoms with van der Waals surface area (Å²) >= 11 is 7.52. The van der Waals surface area contributed by atoms with Crippen LogP contribution in [0.15, 0.2) is 81.9 Å². The van der Waals surface area contributed by atoms with E-state index in [1.165, 1.54) is 22.9 Å². The molecule has 33 heavy (non-hydrogen) atoms. The van der Waals surface area contributed by atoms with E-state index in [1.807, 2.05) is 43.3 Å². The Balaban J connectivity index is 1.69. The summed E-state index contributed by atoms with van der Waals surface area (Å²) in [6.45, 7) is 2.08. The van der Waals surface area contributed by atoms with Crippen molar-refractivity contribution in [1.82, 2.24) is 5.32 Å². The summed E-state index contributed by atoms with van der Waals surface area (Å²) in [5, 5.41) is 12.9. The van der Waals surface area contributed by atoms with Gasteiger partial charge in [0.05, 0.1) is 18.1 Å². The lowest BCUT2D eigenvalue weighted by Crippen LogP contribution is -2.32. The molecule has 3 aromatic rings. The Morgan fingerprint density at radius 1 is 1.18 bits per heavy atom. The predicted octanol–water partition coefficient (Wildman–Crippen LogP) is 4.98. The van der Waals surface area contributed by atoms with Gasteiger partial charge >= 0.3 is 0 Å². The molecule has 166 valence electrons. The van der Waals surface area contributed by atoms with Gasteiger partial charge in [0.1, 0.15) is 22.4 Å². The van der Waals surface area contributed by atoms with Crippen LogP contribution in [0.1, 0.15) is 16.9 Å². The van der Waals surface area contributed by atoms with Crippen LogP contribution >= 0.6 is 23.4 Å². The molecule has 1 aromatic heterocycles. The van der Waals surface area contributed by atoms with Crippen molar-refractivity contribution in [1.29, 1.82) is 5.26 Å². The van der Waals surface area contributed by atoms with Crippen molar-refractivity contribution in [3.63, 3.8) is 0 Å². The fourth-order valence-corrected chi connectivity index (χ4v) is 4.96. The predicted molar refractivity (Wildman–Crippen MR) is 128 cm³/mol. The number of nitrogens with one attached hydrogen (secondary N) is 1. The Morgan fingerprint density at radius 2 is 1.94 bits per heavy atom. The minimum absolute atomic E-state index is 0.123. The number of aryl methyl sites for hydroxylation is 1. The van der Waals surface area contributed by atoms with Crippen molar-refractivity contribution in [2.24, 2.45) is 0 Å². The summed E-state index contributed by atoms with van der Waals surface area (Å²) in [7, 11) is 0. The van der Waals surface area contributed by atoms with Crippen LogP contribution in [0.25, 0.3) is 0 Å². The number of benzene rings is 2. The number of nitrogens with zero attached hydrogens (tertiary/aromatic N) is 2. The number of halogens is 1. The zero-order valence-electron chi connectivity index (χ0n) is 17.7. The Hall–Kier alpha value is -3.47. The lowest BCUT2D eigenvalue weighted by Gasteiger charge is -2.19. The molecule has 2 amide bonds. The van der Waals surface area contributed by atoms with E-state index in [-0.39, 0.29) is 18.0 Å². The summed E-state index contributed by atoms with van der Waals surface area (Å²) in [5.41, 5.74) is 2.34. The number of carbonyl (C=O) groups is 2. The second-order valence-corrected chi connectivity index (χ2v) is 9.06. The van der Waals surface area contributed by atoms with Crippen molar-refractivity contribution in [3.8, 4) is 6.07 Å². The minimum atomic E-state index is -0.570. The molecule has 0 saturated carbocycles. The van der Waals surface area contributed by atoms with Gasteiger partial charge in [-0.3, -0.25) is 14.5 Å². The topological polar surface area (TPSA) is 86.3 Å². The summed E-state index contributed by atoms with van der Waals surface area (Å²) in [5.74, 6) is -0.210. The maximum atomic E-state index is 13.5. The molecule has 2 aromatic carbocycles. The number of carbonyl (C=O) groups excluding carboxylic acids is 2. The zero-order valence-corrected chi connectivity index (χ0v) is 19.3. The molecule has 1 aliphatic rings. The number of hydrogen-bond acceptors (Lipinski definition) is 5.